The maximum Gasteiger partial charge on any atom is 0.223 e. The first-order valence-corrected chi connectivity index (χ1v) is 6.60. The number of amides is 1. The van der Waals surface area contributed by atoms with Gasteiger partial charge in [-0.15, -0.1) is 0 Å². The lowest BCUT2D eigenvalue weighted by Crippen LogP contribution is -2.49. The molecule has 2 heterocycles. The van der Waals surface area contributed by atoms with Crippen molar-refractivity contribution in [1.82, 2.24) is 9.88 Å². The zero-order chi connectivity index (χ0) is 13.0. The molecule has 0 saturated carbocycles. The summed E-state index contributed by atoms with van der Waals surface area (Å²) in [6.07, 6.45) is 4.01. The average Bonchev–Trinajstić information content (AvgIpc) is 2.40. The molecule has 0 bridgehead atoms. The molecule has 2 N–H and O–H groups in total. The Balaban J connectivity index is 1.82. The summed E-state index contributed by atoms with van der Waals surface area (Å²) in [6.45, 7) is 3.69. The SMILES string of the molecule is CC1CCN(C(=O)CCc2ccccn2)CC1N. The molecule has 0 aromatic carbocycles. The number of hydrogen-bond acceptors (Lipinski definition) is 3. The van der Waals surface area contributed by atoms with E-state index < -0.39 is 0 Å². The molecule has 0 radical (unpaired) electrons. The van der Waals surface area contributed by atoms with E-state index in [0.29, 0.717) is 25.3 Å². The molecule has 98 valence electrons. The third-order valence-electron chi connectivity index (χ3n) is 3.69. The van der Waals surface area contributed by atoms with E-state index in [9.17, 15) is 4.79 Å². The number of nitrogens with two attached hydrogens (primary N) is 1. The van der Waals surface area contributed by atoms with Crippen LogP contribution in [-0.2, 0) is 11.2 Å². The number of nitrogens with zero attached hydrogens (tertiary/aromatic N) is 2. The smallest absolute Gasteiger partial charge is 0.223 e. The van der Waals surface area contributed by atoms with Crippen LogP contribution >= 0.6 is 0 Å². The van der Waals surface area contributed by atoms with Crippen molar-refractivity contribution in [3.63, 3.8) is 0 Å². The van der Waals surface area contributed by atoms with E-state index in [1.165, 1.54) is 0 Å². The topological polar surface area (TPSA) is 59.2 Å². The van der Waals surface area contributed by atoms with Gasteiger partial charge in [-0.25, -0.2) is 0 Å². The van der Waals surface area contributed by atoms with E-state index in [4.69, 9.17) is 5.73 Å². The van der Waals surface area contributed by atoms with Crippen LogP contribution in [-0.4, -0.2) is 34.9 Å². The minimum absolute atomic E-state index is 0.123. The van der Waals surface area contributed by atoms with Gasteiger partial charge in [0.15, 0.2) is 0 Å². The number of rotatable bonds is 3. The van der Waals surface area contributed by atoms with Crippen molar-refractivity contribution in [3.05, 3.63) is 30.1 Å². The number of pyridine rings is 1. The summed E-state index contributed by atoms with van der Waals surface area (Å²) in [5.41, 5.74) is 6.98. The molecule has 0 aliphatic carbocycles. The fraction of sp³-hybridized carbons (Fsp3) is 0.571. The summed E-state index contributed by atoms with van der Waals surface area (Å²) < 4.78 is 0. The maximum atomic E-state index is 12.1. The Labute approximate surface area is 108 Å². The Hall–Kier alpha value is -1.42. The van der Waals surface area contributed by atoms with Crippen molar-refractivity contribution in [3.8, 4) is 0 Å². The van der Waals surface area contributed by atoms with E-state index in [0.717, 1.165) is 18.7 Å². The van der Waals surface area contributed by atoms with Crippen molar-refractivity contribution in [2.24, 2.45) is 11.7 Å². The Kier molecular flexibility index (Phi) is 4.31. The van der Waals surface area contributed by atoms with E-state index >= 15 is 0 Å². The van der Waals surface area contributed by atoms with Crippen molar-refractivity contribution in [2.45, 2.75) is 32.2 Å². The van der Waals surface area contributed by atoms with Crippen LogP contribution in [0.25, 0.3) is 0 Å². The van der Waals surface area contributed by atoms with Gasteiger partial charge < -0.3 is 10.6 Å². The lowest BCUT2D eigenvalue weighted by Gasteiger charge is -2.35. The highest BCUT2D eigenvalue weighted by molar-refractivity contribution is 5.76. The van der Waals surface area contributed by atoms with E-state index in [2.05, 4.69) is 11.9 Å². The number of likely N-dealkylation sites (tertiary alicyclic amines) is 1. The molecule has 1 aromatic rings. The second-order valence-corrected chi connectivity index (χ2v) is 5.09. The predicted octanol–water partition coefficient (Wildman–Crippen LogP) is 1.21. The maximum absolute atomic E-state index is 12.1. The number of piperidine rings is 1. The van der Waals surface area contributed by atoms with E-state index in [1.54, 1.807) is 6.20 Å². The first-order chi connectivity index (χ1) is 8.66. The number of aryl methyl sites for hydroxylation is 1. The fourth-order valence-corrected chi connectivity index (χ4v) is 2.26. The van der Waals surface area contributed by atoms with Gasteiger partial charge in [-0.05, 0) is 30.9 Å². The van der Waals surface area contributed by atoms with Gasteiger partial charge >= 0.3 is 0 Å². The van der Waals surface area contributed by atoms with E-state index in [1.807, 2.05) is 23.1 Å². The Bertz CT molecular complexity index is 393. The van der Waals surface area contributed by atoms with E-state index in [-0.39, 0.29) is 11.9 Å². The van der Waals surface area contributed by atoms with Gasteiger partial charge in [-0.1, -0.05) is 13.0 Å². The first-order valence-electron chi connectivity index (χ1n) is 6.60. The van der Waals surface area contributed by atoms with Gasteiger partial charge in [-0.2, -0.15) is 0 Å². The van der Waals surface area contributed by atoms with Crippen molar-refractivity contribution < 1.29 is 4.79 Å². The summed E-state index contributed by atoms with van der Waals surface area (Å²) in [6, 6.07) is 5.91. The molecule has 2 rings (SSSR count). The lowest BCUT2D eigenvalue weighted by atomic mass is 9.94. The highest BCUT2D eigenvalue weighted by atomic mass is 16.2. The molecule has 1 saturated heterocycles. The third kappa shape index (κ3) is 3.29. The minimum atomic E-state index is 0.123. The third-order valence-corrected chi connectivity index (χ3v) is 3.69. The van der Waals surface area contributed by atoms with Crippen molar-refractivity contribution >= 4 is 5.91 Å². The summed E-state index contributed by atoms with van der Waals surface area (Å²) in [5.74, 6) is 0.716. The molecule has 2 atom stereocenters. The van der Waals surface area contributed by atoms with Crippen LogP contribution in [0.3, 0.4) is 0 Å². The first kappa shape index (κ1) is 13.0. The molecule has 1 fully saturated rings. The molecule has 1 aliphatic rings. The second-order valence-electron chi connectivity index (χ2n) is 5.09. The summed E-state index contributed by atoms with van der Waals surface area (Å²) >= 11 is 0. The normalized spacial score (nSPS) is 24.0. The number of hydrogen-bond donors (Lipinski definition) is 1. The van der Waals surface area contributed by atoms with Gasteiger partial charge in [0.05, 0.1) is 0 Å². The Morgan fingerprint density at radius 1 is 1.56 bits per heavy atom. The highest BCUT2D eigenvalue weighted by Gasteiger charge is 2.25. The molecule has 1 aromatic heterocycles. The fourth-order valence-electron chi connectivity index (χ4n) is 2.26. The van der Waals surface area contributed by atoms with Crippen LogP contribution in [0, 0.1) is 5.92 Å². The number of aromatic nitrogens is 1. The Morgan fingerprint density at radius 2 is 2.39 bits per heavy atom. The molecule has 4 heteroatoms. The van der Waals surface area contributed by atoms with Gasteiger partial charge in [0.1, 0.15) is 0 Å². The molecule has 1 amide bonds. The monoisotopic (exact) mass is 247 g/mol. The van der Waals surface area contributed by atoms with Crippen molar-refractivity contribution in [2.75, 3.05) is 13.1 Å². The molecule has 0 spiro atoms. The van der Waals surface area contributed by atoms with Gasteiger partial charge in [-0.3, -0.25) is 9.78 Å². The molecule has 18 heavy (non-hydrogen) atoms. The molecule has 2 unspecified atom stereocenters. The minimum Gasteiger partial charge on any atom is -0.341 e. The largest absolute Gasteiger partial charge is 0.341 e. The zero-order valence-electron chi connectivity index (χ0n) is 10.9. The Morgan fingerprint density at radius 3 is 3.06 bits per heavy atom. The lowest BCUT2D eigenvalue weighted by molar-refractivity contribution is -0.132. The van der Waals surface area contributed by atoms with Crippen LogP contribution < -0.4 is 5.73 Å². The zero-order valence-corrected chi connectivity index (χ0v) is 10.9. The van der Waals surface area contributed by atoms with Crippen LogP contribution in [0.1, 0.15) is 25.5 Å². The average molecular weight is 247 g/mol. The number of carbonyl (C=O) groups is 1. The molecular formula is C14H21N3O. The van der Waals surface area contributed by atoms with Crippen LogP contribution in [0.5, 0.6) is 0 Å². The van der Waals surface area contributed by atoms with Crippen LogP contribution in [0.4, 0.5) is 0 Å². The van der Waals surface area contributed by atoms with Gasteiger partial charge in [0.2, 0.25) is 5.91 Å². The highest BCUT2D eigenvalue weighted by Crippen LogP contribution is 2.16. The molecular weight excluding hydrogens is 226 g/mol. The molecule has 1 aliphatic heterocycles. The molecule has 4 nitrogen and oxygen atoms in total. The quantitative estimate of drug-likeness (QED) is 0.873. The van der Waals surface area contributed by atoms with Crippen molar-refractivity contribution in [1.29, 1.82) is 0 Å². The standard InChI is InChI=1S/C14H21N3O/c1-11-7-9-17(10-13(11)15)14(18)6-5-12-4-2-3-8-16-12/h2-4,8,11,13H,5-7,9-10,15H2,1H3. The van der Waals surface area contributed by atoms with Crippen LogP contribution in [0.15, 0.2) is 24.4 Å². The van der Waals surface area contributed by atoms with Gasteiger partial charge in [0.25, 0.3) is 0 Å². The summed E-state index contributed by atoms with van der Waals surface area (Å²) in [4.78, 5) is 18.2. The predicted molar refractivity (Wildman–Crippen MR) is 70.9 cm³/mol. The van der Waals surface area contributed by atoms with Crippen LogP contribution in [0.2, 0.25) is 0 Å². The number of carbonyl (C=O) groups excluding carboxylic acids is 1. The summed E-state index contributed by atoms with van der Waals surface area (Å²) in [7, 11) is 0. The second kappa shape index (κ2) is 5.96. The van der Waals surface area contributed by atoms with Gasteiger partial charge in [0, 0.05) is 37.4 Å². The summed E-state index contributed by atoms with van der Waals surface area (Å²) in [5, 5.41) is 0.